The standard InChI is InChI=1S/C17H19N3O4/c1-2-10-19(12-16(22)23)17(24)14-8-9-15(21)20(18-14)11-13-6-4-3-5-7-13/h3-9H,2,10-12H2,1H3,(H,22,23). The van der Waals surface area contributed by atoms with Crippen LogP contribution in [0.25, 0.3) is 0 Å². The van der Waals surface area contributed by atoms with Gasteiger partial charge < -0.3 is 10.0 Å². The Balaban J connectivity index is 2.27. The van der Waals surface area contributed by atoms with Crippen LogP contribution in [0.2, 0.25) is 0 Å². The number of benzene rings is 1. The first-order valence-corrected chi connectivity index (χ1v) is 7.64. The molecule has 0 saturated carbocycles. The van der Waals surface area contributed by atoms with E-state index in [0.29, 0.717) is 13.0 Å². The van der Waals surface area contributed by atoms with Crippen LogP contribution in [0.5, 0.6) is 0 Å². The fraction of sp³-hybridized carbons (Fsp3) is 0.294. The van der Waals surface area contributed by atoms with Crippen molar-refractivity contribution in [1.29, 1.82) is 0 Å². The third-order valence-corrected chi connectivity index (χ3v) is 3.37. The van der Waals surface area contributed by atoms with E-state index >= 15 is 0 Å². The molecule has 0 aliphatic carbocycles. The van der Waals surface area contributed by atoms with Gasteiger partial charge in [0, 0.05) is 12.6 Å². The first-order chi connectivity index (χ1) is 11.5. The van der Waals surface area contributed by atoms with Gasteiger partial charge in [-0.05, 0) is 18.1 Å². The van der Waals surface area contributed by atoms with Crippen molar-refractivity contribution in [2.24, 2.45) is 0 Å². The molecule has 0 atom stereocenters. The number of carbonyl (C=O) groups excluding carboxylic acids is 1. The molecule has 0 radical (unpaired) electrons. The van der Waals surface area contributed by atoms with Crippen molar-refractivity contribution in [3.8, 4) is 0 Å². The molecule has 0 aliphatic rings. The fourth-order valence-electron chi connectivity index (χ4n) is 2.28. The van der Waals surface area contributed by atoms with Gasteiger partial charge in [0.2, 0.25) is 0 Å². The van der Waals surface area contributed by atoms with E-state index in [-0.39, 0.29) is 17.8 Å². The summed E-state index contributed by atoms with van der Waals surface area (Å²) in [4.78, 5) is 36.5. The van der Waals surface area contributed by atoms with Gasteiger partial charge in [-0.25, -0.2) is 4.68 Å². The topological polar surface area (TPSA) is 92.5 Å². The first kappa shape index (κ1) is 17.4. The van der Waals surface area contributed by atoms with Gasteiger partial charge in [0.1, 0.15) is 12.2 Å². The maximum atomic E-state index is 12.5. The van der Waals surface area contributed by atoms with Crippen LogP contribution >= 0.6 is 0 Å². The predicted octanol–water partition coefficient (Wildman–Crippen LogP) is 1.23. The second-order valence-electron chi connectivity index (χ2n) is 5.32. The molecule has 1 aromatic carbocycles. The molecule has 1 heterocycles. The number of hydrogen-bond donors (Lipinski definition) is 1. The Hall–Kier alpha value is -2.96. The second-order valence-corrected chi connectivity index (χ2v) is 5.32. The summed E-state index contributed by atoms with van der Waals surface area (Å²) < 4.78 is 1.20. The van der Waals surface area contributed by atoms with E-state index in [1.54, 1.807) is 0 Å². The highest BCUT2D eigenvalue weighted by Gasteiger charge is 2.19. The van der Waals surface area contributed by atoms with Crippen molar-refractivity contribution in [2.75, 3.05) is 13.1 Å². The molecular weight excluding hydrogens is 310 g/mol. The van der Waals surface area contributed by atoms with Gasteiger partial charge in [0.05, 0.1) is 6.54 Å². The molecule has 0 bridgehead atoms. The third-order valence-electron chi connectivity index (χ3n) is 3.37. The van der Waals surface area contributed by atoms with Gasteiger partial charge >= 0.3 is 5.97 Å². The number of nitrogens with zero attached hydrogens (tertiary/aromatic N) is 3. The van der Waals surface area contributed by atoms with Gasteiger partial charge in [0.15, 0.2) is 0 Å². The van der Waals surface area contributed by atoms with Crippen LogP contribution in [0.3, 0.4) is 0 Å². The highest BCUT2D eigenvalue weighted by atomic mass is 16.4. The quantitative estimate of drug-likeness (QED) is 0.825. The van der Waals surface area contributed by atoms with E-state index in [2.05, 4.69) is 5.10 Å². The van der Waals surface area contributed by atoms with Crippen LogP contribution in [0.4, 0.5) is 0 Å². The summed E-state index contributed by atoms with van der Waals surface area (Å²) in [5.74, 6) is -1.59. The second kappa shape index (κ2) is 8.05. The monoisotopic (exact) mass is 329 g/mol. The molecule has 0 fully saturated rings. The minimum Gasteiger partial charge on any atom is -0.480 e. The molecule has 0 aliphatic heterocycles. The zero-order chi connectivity index (χ0) is 17.5. The highest BCUT2D eigenvalue weighted by Crippen LogP contribution is 2.04. The Morgan fingerprint density at radius 1 is 1.17 bits per heavy atom. The molecule has 2 aromatic rings. The summed E-state index contributed by atoms with van der Waals surface area (Å²) in [6, 6.07) is 11.9. The molecule has 7 nitrogen and oxygen atoms in total. The van der Waals surface area contributed by atoms with E-state index in [4.69, 9.17) is 5.11 Å². The van der Waals surface area contributed by atoms with Crippen molar-refractivity contribution in [3.63, 3.8) is 0 Å². The van der Waals surface area contributed by atoms with E-state index in [1.807, 2.05) is 37.3 Å². The Morgan fingerprint density at radius 2 is 1.88 bits per heavy atom. The lowest BCUT2D eigenvalue weighted by atomic mass is 10.2. The molecule has 2 rings (SSSR count). The summed E-state index contributed by atoms with van der Waals surface area (Å²) in [5, 5.41) is 13.0. The molecule has 126 valence electrons. The van der Waals surface area contributed by atoms with Crippen LogP contribution < -0.4 is 5.56 Å². The Labute approximate surface area is 139 Å². The van der Waals surface area contributed by atoms with Crippen molar-refractivity contribution < 1.29 is 14.7 Å². The molecule has 0 spiro atoms. The molecule has 1 N–H and O–H groups in total. The number of carboxylic acids is 1. The highest BCUT2D eigenvalue weighted by molar-refractivity contribution is 5.93. The summed E-state index contributed by atoms with van der Waals surface area (Å²) in [6.45, 7) is 2.01. The third kappa shape index (κ3) is 4.52. The van der Waals surface area contributed by atoms with Crippen LogP contribution in [-0.4, -0.2) is 44.8 Å². The molecule has 7 heteroatoms. The average Bonchev–Trinajstić information content (AvgIpc) is 2.56. The molecule has 1 amide bonds. The molecule has 1 aromatic heterocycles. The Kier molecular flexibility index (Phi) is 5.83. The van der Waals surface area contributed by atoms with E-state index in [1.165, 1.54) is 21.7 Å². The maximum absolute atomic E-state index is 12.5. The predicted molar refractivity (Wildman–Crippen MR) is 87.9 cm³/mol. The lowest BCUT2D eigenvalue weighted by molar-refractivity contribution is -0.137. The zero-order valence-electron chi connectivity index (χ0n) is 13.4. The van der Waals surface area contributed by atoms with Crippen molar-refractivity contribution in [2.45, 2.75) is 19.9 Å². The average molecular weight is 329 g/mol. The molecule has 24 heavy (non-hydrogen) atoms. The molecule has 0 saturated heterocycles. The zero-order valence-corrected chi connectivity index (χ0v) is 13.4. The van der Waals surface area contributed by atoms with Gasteiger partial charge in [-0.15, -0.1) is 0 Å². The molecule has 0 unspecified atom stereocenters. The number of carbonyl (C=O) groups is 2. The maximum Gasteiger partial charge on any atom is 0.323 e. The number of aromatic nitrogens is 2. The smallest absolute Gasteiger partial charge is 0.323 e. The van der Waals surface area contributed by atoms with Crippen LogP contribution in [-0.2, 0) is 11.3 Å². The largest absolute Gasteiger partial charge is 0.480 e. The van der Waals surface area contributed by atoms with Crippen LogP contribution in [0, 0.1) is 0 Å². The van der Waals surface area contributed by atoms with Gasteiger partial charge in [-0.3, -0.25) is 14.4 Å². The van der Waals surface area contributed by atoms with Crippen molar-refractivity contribution in [1.82, 2.24) is 14.7 Å². The minimum absolute atomic E-state index is 0.0558. The van der Waals surface area contributed by atoms with Crippen LogP contribution in [0.1, 0.15) is 29.4 Å². The SMILES string of the molecule is CCCN(CC(=O)O)C(=O)c1ccc(=O)n(Cc2ccccc2)n1. The minimum atomic E-state index is -1.09. The molecular formula is C17H19N3O4. The summed E-state index contributed by atoms with van der Waals surface area (Å²) in [6.07, 6.45) is 0.628. The lowest BCUT2D eigenvalue weighted by Gasteiger charge is -2.19. The lowest BCUT2D eigenvalue weighted by Crippen LogP contribution is -2.38. The number of hydrogen-bond acceptors (Lipinski definition) is 4. The number of amides is 1. The van der Waals surface area contributed by atoms with E-state index < -0.39 is 18.4 Å². The van der Waals surface area contributed by atoms with Crippen molar-refractivity contribution in [3.05, 3.63) is 64.1 Å². The summed E-state index contributed by atoms with van der Waals surface area (Å²) in [7, 11) is 0. The van der Waals surface area contributed by atoms with Crippen molar-refractivity contribution >= 4 is 11.9 Å². The van der Waals surface area contributed by atoms with Gasteiger partial charge in [0.25, 0.3) is 11.5 Å². The summed E-state index contributed by atoms with van der Waals surface area (Å²) in [5.41, 5.74) is 0.614. The Bertz CT molecular complexity index is 771. The normalized spacial score (nSPS) is 10.4. The number of aliphatic carboxylic acids is 1. The van der Waals surface area contributed by atoms with E-state index in [9.17, 15) is 14.4 Å². The fourth-order valence-corrected chi connectivity index (χ4v) is 2.28. The first-order valence-electron chi connectivity index (χ1n) is 7.64. The Morgan fingerprint density at radius 3 is 2.50 bits per heavy atom. The van der Waals surface area contributed by atoms with Crippen LogP contribution in [0.15, 0.2) is 47.3 Å². The summed E-state index contributed by atoms with van der Waals surface area (Å²) >= 11 is 0. The van der Waals surface area contributed by atoms with Gasteiger partial charge in [-0.1, -0.05) is 37.3 Å². The van der Waals surface area contributed by atoms with E-state index in [0.717, 1.165) is 5.56 Å². The number of carboxylic acid groups (broad SMARTS) is 1. The number of rotatable bonds is 7. The van der Waals surface area contributed by atoms with Gasteiger partial charge in [-0.2, -0.15) is 5.10 Å².